The number of alkyl halides is 3. The fraction of sp³-hybridized carbons (Fsp3) is 0.310. The van der Waals surface area contributed by atoms with Crippen LogP contribution in [-0.2, 0) is 4.79 Å². The van der Waals surface area contributed by atoms with E-state index >= 15 is 0 Å². The number of carbonyl (C=O) groups excluding carboxylic acids is 1. The lowest BCUT2D eigenvalue weighted by Gasteiger charge is -2.28. The highest BCUT2D eigenvalue weighted by molar-refractivity contribution is 5.94. The zero-order chi connectivity index (χ0) is 31.3. The molecule has 9 nitrogen and oxygen atoms in total. The van der Waals surface area contributed by atoms with Gasteiger partial charge in [0.1, 0.15) is 0 Å². The number of nitrogens with one attached hydrogen (secondary N) is 1. The molecule has 3 N–H and O–H groups in total. The summed E-state index contributed by atoms with van der Waals surface area (Å²) in [6.07, 6.45) is 2.43. The largest absolute Gasteiger partial charge is 0.503 e. The van der Waals surface area contributed by atoms with E-state index in [0.717, 1.165) is 59.8 Å². The summed E-state index contributed by atoms with van der Waals surface area (Å²) in [5.41, 5.74) is 2.80. The minimum absolute atomic E-state index is 0.149. The Hall–Kier alpha value is -4.75. The maximum Gasteiger partial charge on any atom is 0.490 e. The summed E-state index contributed by atoms with van der Waals surface area (Å²) in [5, 5.41) is 25.0. The number of pyridine rings is 1. The SMILES string of the molecule is COc1ccc(-c2ccc3cn(C4CCC(CNC(=O)c5cc(F)c(O)c(F)c5)CC4)nc3c2)cn1.O=C(O)C(F)(F)F. The lowest BCUT2D eigenvalue weighted by Crippen LogP contribution is -2.31. The van der Waals surface area contributed by atoms with Gasteiger partial charge in [-0.05, 0) is 61.4 Å². The summed E-state index contributed by atoms with van der Waals surface area (Å²) in [4.78, 5) is 25.5. The van der Waals surface area contributed by atoms with Crippen molar-refractivity contribution in [2.24, 2.45) is 5.92 Å². The van der Waals surface area contributed by atoms with E-state index in [-0.39, 0.29) is 17.5 Å². The van der Waals surface area contributed by atoms with Crippen molar-refractivity contribution in [3.63, 3.8) is 0 Å². The van der Waals surface area contributed by atoms with Gasteiger partial charge in [-0.3, -0.25) is 9.48 Å². The molecule has 0 spiro atoms. The smallest absolute Gasteiger partial charge is 0.490 e. The number of halogens is 5. The maximum absolute atomic E-state index is 13.5. The van der Waals surface area contributed by atoms with Gasteiger partial charge in [-0.2, -0.15) is 18.3 Å². The predicted molar refractivity (Wildman–Crippen MR) is 145 cm³/mol. The Labute approximate surface area is 241 Å². The Morgan fingerprint density at radius 3 is 2.21 bits per heavy atom. The summed E-state index contributed by atoms with van der Waals surface area (Å²) in [5.74, 6) is -5.85. The molecule has 5 rings (SSSR count). The summed E-state index contributed by atoms with van der Waals surface area (Å²) in [6.45, 7) is 0.427. The molecule has 2 aromatic carbocycles. The van der Waals surface area contributed by atoms with E-state index in [2.05, 4.69) is 34.7 Å². The fourth-order valence-corrected chi connectivity index (χ4v) is 4.72. The van der Waals surface area contributed by atoms with Gasteiger partial charge in [0.2, 0.25) is 5.88 Å². The average Bonchev–Trinajstić information content (AvgIpc) is 3.42. The normalized spacial score (nSPS) is 16.7. The number of nitrogens with zero attached hydrogens (tertiary/aromatic N) is 3. The molecule has 4 aromatic rings. The van der Waals surface area contributed by atoms with Crippen LogP contribution in [0.1, 0.15) is 42.1 Å². The molecule has 0 radical (unpaired) electrons. The molecule has 1 amide bonds. The Morgan fingerprint density at radius 2 is 1.65 bits per heavy atom. The number of phenolic OH excluding ortho intramolecular Hbond substituents is 1. The van der Waals surface area contributed by atoms with Crippen LogP contribution in [0.5, 0.6) is 11.6 Å². The van der Waals surface area contributed by atoms with Crippen LogP contribution in [0.4, 0.5) is 22.0 Å². The van der Waals surface area contributed by atoms with Gasteiger partial charge >= 0.3 is 12.1 Å². The number of phenols is 1. The van der Waals surface area contributed by atoms with Crippen LogP contribution < -0.4 is 10.1 Å². The van der Waals surface area contributed by atoms with E-state index in [9.17, 15) is 31.9 Å². The number of carboxylic acid groups (broad SMARTS) is 1. The Morgan fingerprint density at radius 1 is 1.02 bits per heavy atom. The number of rotatable bonds is 6. The molecular weight excluding hydrogens is 579 g/mol. The number of benzene rings is 2. The molecule has 14 heteroatoms. The number of aromatic hydroxyl groups is 1. The summed E-state index contributed by atoms with van der Waals surface area (Å²) in [6, 6.07) is 11.9. The number of carbonyl (C=O) groups is 2. The van der Waals surface area contributed by atoms with Crippen LogP contribution in [-0.4, -0.2) is 56.7 Å². The van der Waals surface area contributed by atoms with Gasteiger partial charge in [0.15, 0.2) is 17.4 Å². The highest BCUT2D eigenvalue weighted by atomic mass is 19.4. The second-order valence-corrected chi connectivity index (χ2v) is 9.95. The molecule has 0 saturated heterocycles. The van der Waals surface area contributed by atoms with Crippen LogP contribution in [0, 0.1) is 17.6 Å². The summed E-state index contributed by atoms with van der Waals surface area (Å²) >= 11 is 0. The molecule has 0 aliphatic heterocycles. The van der Waals surface area contributed by atoms with Crippen LogP contribution >= 0.6 is 0 Å². The molecule has 0 unspecified atom stereocenters. The van der Waals surface area contributed by atoms with Crippen molar-refractivity contribution in [2.45, 2.75) is 37.9 Å². The quantitative estimate of drug-likeness (QED) is 0.234. The third-order valence-electron chi connectivity index (χ3n) is 7.07. The Kier molecular flexibility index (Phi) is 9.46. The van der Waals surface area contributed by atoms with Gasteiger partial charge in [-0.1, -0.05) is 12.1 Å². The van der Waals surface area contributed by atoms with Gasteiger partial charge in [-0.25, -0.2) is 18.6 Å². The lowest BCUT2D eigenvalue weighted by atomic mass is 9.86. The minimum atomic E-state index is -5.08. The number of hydrogen-bond acceptors (Lipinski definition) is 6. The monoisotopic (exact) mass is 606 g/mol. The molecule has 2 heterocycles. The van der Waals surface area contributed by atoms with Gasteiger partial charge in [0.25, 0.3) is 5.91 Å². The lowest BCUT2D eigenvalue weighted by molar-refractivity contribution is -0.192. The first-order valence-corrected chi connectivity index (χ1v) is 13.1. The van der Waals surface area contributed by atoms with Crippen molar-refractivity contribution in [3.05, 3.63) is 72.1 Å². The number of aromatic nitrogens is 3. The maximum atomic E-state index is 13.5. The van der Waals surface area contributed by atoms with Crippen LogP contribution in [0.2, 0.25) is 0 Å². The molecule has 1 fully saturated rings. The van der Waals surface area contributed by atoms with Gasteiger partial charge in [0, 0.05) is 41.5 Å². The average molecular weight is 607 g/mol. The number of methoxy groups -OCH3 is 1. The Bertz CT molecular complexity index is 1580. The van der Waals surface area contributed by atoms with E-state index < -0.39 is 35.4 Å². The first-order chi connectivity index (χ1) is 20.3. The first-order valence-electron chi connectivity index (χ1n) is 13.1. The zero-order valence-electron chi connectivity index (χ0n) is 22.7. The number of fused-ring (bicyclic) bond motifs is 1. The zero-order valence-corrected chi connectivity index (χ0v) is 22.7. The van der Waals surface area contributed by atoms with Gasteiger partial charge in [0.05, 0.1) is 18.7 Å². The molecule has 0 atom stereocenters. The molecule has 228 valence electrons. The minimum Gasteiger partial charge on any atom is -0.503 e. The molecule has 0 bridgehead atoms. The Balaban J connectivity index is 0.000000541. The highest BCUT2D eigenvalue weighted by Crippen LogP contribution is 2.33. The number of ether oxygens (including phenoxy) is 1. The number of carboxylic acids is 1. The molecule has 1 aliphatic carbocycles. The molecule has 1 aliphatic rings. The van der Waals surface area contributed by atoms with E-state index in [4.69, 9.17) is 19.7 Å². The van der Waals surface area contributed by atoms with Crippen molar-refractivity contribution < 1.29 is 46.5 Å². The van der Waals surface area contributed by atoms with E-state index in [0.29, 0.717) is 12.4 Å². The fourth-order valence-electron chi connectivity index (χ4n) is 4.72. The topological polar surface area (TPSA) is 127 Å². The highest BCUT2D eigenvalue weighted by Gasteiger charge is 2.38. The van der Waals surface area contributed by atoms with Crippen LogP contribution in [0.15, 0.2) is 54.9 Å². The van der Waals surface area contributed by atoms with Crippen molar-refractivity contribution in [2.75, 3.05) is 13.7 Å². The summed E-state index contributed by atoms with van der Waals surface area (Å²) < 4.78 is 66.0. The predicted octanol–water partition coefficient (Wildman–Crippen LogP) is 5.89. The molecule has 1 saturated carbocycles. The number of aliphatic carboxylic acids is 1. The van der Waals surface area contributed by atoms with Crippen molar-refractivity contribution in [3.8, 4) is 22.8 Å². The third-order valence-corrected chi connectivity index (χ3v) is 7.07. The molecular formula is C29H27F5N4O5. The van der Waals surface area contributed by atoms with Crippen molar-refractivity contribution in [1.29, 1.82) is 0 Å². The van der Waals surface area contributed by atoms with Crippen LogP contribution in [0.25, 0.3) is 22.0 Å². The number of hydrogen-bond donors (Lipinski definition) is 3. The standard InChI is InChI=1S/C27H26F2N4O3.C2HF3O2/c1-36-25-9-6-18(14-30-25)17-4-5-19-15-33(32-24(19)12-17)21-7-2-16(3-8-21)13-31-27(35)20-10-22(28)26(34)23(29)11-20;3-2(4,5)1(6)7/h4-6,9-12,14-16,21,34H,2-3,7-8,13H2,1H3,(H,31,35);(H,6,7). The second kappa shape index (κ2) is 13.0. The molecule has 2 aromatic heterocycles. The number of amides is 1. The van der Waals surface area contributed by atoms with E-state index in [1.165, 1.54) is 0 Å². The van der Waals surface area contributed by atoms with Gasteiger partial charge < -0.3 is 20.3 Å². The van der Waals surface area contributed by atoms with E-state index in [1.807, 2.05) is 16.8 Å². The first kappa shape index (κ1) is 31.2. The van der Waals surface area contributed by atoms with Crippen LogP contribution in [0.3, 0.4) is 0 Å². The van der Waals surface area contributed by atoms with Crippen molar-refractivity contribution in [1.82, 2.24) is 20.1 Å². The van der Waals surface area contributed by atoms with Crippen molar-refractivity contribution >= 4 is 22.8 Å². The molecule has 43 heavy (non-hydrogen) atoms. The van der Waals surface area contributed by atoms with Gasteiger partial charge in [-0.15, -0.1) is 0 Å². The van der Waals surface area contributed by atoms with E-state index in [1.54, 1.807) is 13.3 Å². The summed E-state index contributed by atoms with van der Waals surface area (Å²) in [7, 11) is 1.59. The third kappa shape index (κ3) is 7.76. The second-order valence-electron chi connectivity index (χ2n) is 9.95.